The van der Waals surface area contributed by atoms with Gasteiger partial charge in [-0.05, 0) is 38.8 Å². The molecule has 12 heteroatoms. The van der Waals surface area contributed by atoms with Crippen molar-refractivity contribution in [3.05, 3.63) is 62.9 Å². The monoisotopic (exact) mass is 467 g/mol. The van der Waals surface area contributed by atoms with Crippen molar-refractivity contribution in [2.75, 3.05) is 13.7 Å². The summed E-state index contributed by atoms with van der Waals surface area (Å²) < 4.78 is 36.3. The Morgan fingerprint density at radius 3 is 2.72 bits per heavy atom. The van der Waals surface area contributed by atoms with Crippen molar-refractivity contribution in [1.29, 1.82) is 0 Å². The predicted octanol–water partition coefficient (Wildman–Crippen LogP) is 1.88. The van der Waals surface area contributed by atoms with Crippen LogP contribution in [0.15, 0.2) is 46.1 Å². The Morgan fingerprint density at radius 1 is 1.31 bits per heavy atom. The summed E-state index contributed by atoms with van der Waals surface area (Å²) in [7, 11) is -2.76. The molecule has 1 aliphatic rings. The van der Waals surface area contributed by atoms with E-state index in [0.717, 1.165) is 0 Å². The fourth-order valence-corrected chi connectivity index (χ4v) is 4.69. The second-order valence-electron chi connectivity index (χ2n) is 7.34. The van der Waals surface area contributed by atoms with Crippen LogP contribution in [0.5, 0.6) is 5.75 Å². The van der Waals surface area contributed by atoms with Gasteiger partial charge in [0.2, 0.25) is 0 Å². The number of methoxy groups -OCH3 is 1. The van der Waals surface area contributed by atoms with Gasteiger partial charge < -0.3 is 14.0 Å². The van der Waals surface area contributed by atoms with Gasteiger partial charge in [0.25, 0.3) is 5.56 Å². The van der Waals surface area contributed by atoms with Crippen molar-refractivity contribution in [3.63, 3.8) is 0 Å². The average molecular weight is 467 g/mol. The first-order valence-electron chi connectivity index (χ1n) is 10.0. The van der Waals surface area contributed by atoms with Crippen LogP contribution in [-0.4, -0.2) is 41.4 Å². The lowest BCUT2D eigenvalue weighted by Crippen LogP contribution is -2.35. The normalized spacial score (nSPS) is 21.0. The summed E-state index contributed by atoms with van der Waals surface area (Å²) in [6.45, 7) is 2.96. The molecule has 0 aliphatic carbocycles. The maximum Gasteiger partial charge on any atom is 0.459 e. The second-order valence-corrected chi connectivity index (χ2v) is 9.03. The number of aryl methyl sites for hydroxylation is 1. The number of aromatic nitrogens is 2. The third-order valence-electron chi connectivity index (χ3n) is 4.85. The maximum absolute atomic E-state index is 13.3. The smallest absolute Gasteiger partial charge is 0.459 e. The minimum Gasteiger partial charge on any atom is -0.468 e. The fourth-order valence-electron chi connectivity index (χ4n) is 3.17. The predicted molar refractivity (Wildman–Crippen MR) is 114 cm³/mol. The highest BCUT2D eigenvalue weighted by atomic mass is 31.2. The molecule has 2 N–H and O–H groups in total. The summed E-state index contributed by atoms with van der Waals surface area (Å²) >= 11 is 0. The molecule has 1 unspecified atom stereocenters. The van der Waals surface area contributed by atoms with Crippen molar-refractivity contribution in [2.45, 2.75) is 45.1 Å². The van der Waals surface area contributed by atoms with Crippen LogP contribution < -0.4 is 20.9 Å². The van der Waals surface area contributed by atoms with Crippen LogP contribution in [0.4, 0.5) is 0 Å². The van der Waals surface area contributed by atoms with Crippen LogP contribution in [0.3, 0.4) is 0 Å². The molecule has 2 heterocycles. The molecule has 11 nitrogen and oxygen atoms in total. The molecule has 1 aromatic heterocycles. The summed E-state index contributed by atoms with van der Waals surface area (Å²) in [6, 6.07) is 7.45. The standard InChI is InChI=1S/C20H26N3O8P/c1-13-11-23(20(26)21-18(13)24)17-10-9-16(30-17)12-29-32(27,22-14(2)19(25)28-3)31-15-7-5-4-6-8-15/h4-8,11,14,16-17H,9-10,12H2,1-3H3,(H,22,27)(H,21,24,26)/t14-,16-,17+,32?/m0/s1. The molecule has 0 spiro atoms. The summed E-state index contributed by atoms with van der Waals surface area (Å²) in [5, 5.41) is 2.57. The number of hydrogen-bond donors (Lipinski definition) is 2. The minimum atomic E-state index is -3.98. The minimum absolute atomic E-state index is 0.113. The van der Waals surface area contributed by atoms with Crippen molar-refractivity contribution >= 4 is 13.7 Å². The number of nitrogens with one attached hydrogen (secondary N) is 2. The van der Waals surface area contributed by atoms with Gasteiger partial charge in [0.15, 0.2) is 0 Å². The molecule has 1 saturated heterocycles. The highest BCUT2D eigenvalue weighted by Gasteiger charge is 2.35. The van der Waals surface area contributed by atoms with E-state index in [1.54, 1.807) is 37.3 Å². The number of nitrogens with zero attached hydrogens (tertiary/aromatic N) is 1. The highest BCUT2D eigenvalue weighted by molar-refractivity contribution is 7.52. The van der Waals surface area contributed by atoms with Crippen LogP contribution in [0.2, 0.25) is 0 Å². The quantitative estimate of drug-likeness (QED) is 0.418. The van der Waals surface area contributed by atoms with E-state index in [9.17, 15) is 18.9 Å². The summed E-state index contributed by atoms with van der Waals surface area (Å²) in [5.41, 5.74) is -0.637. The Kier molecular flexibility index (Phi) is 7.68. The Hall–Kier alpha value is -2.72. The van der Waals surface area contributed by atoms with E-state index in [2.05, 4.69) is 14.8 Å². The zero-order chi connectivity index (χ0) is 23.3. The third kappa shape index (κ3) is 5.95. The molecule has 0 amide bonds. The number of carbonyl (C=O) groups excluding carboxylic acids is 1. The zero-order valence-electron chi connectivity index (χ0n) is 18.0. The van der Waals surface area contributed by atoms with Gasteiger partial charge >= 0.3 is 19.4 Å². The van der Waals surface area contributed by atoms with Crippen molar-refractivity contribution in [3.8, 4) is 5.75 Å². The number of rotatable bonds is 9. The van der Waals surface area contributed by atoms with Crippen LogP contribution in [-0.2, 0) is 23.4 Å². The SMILES string of the molecule is COC(=O)[C@H](C)NP(=O)(OC[C@@H]1CC[C@H](n2cc(C)c(=O)[nH]c2=O)O1)Oc1ccccc1. The van der Waals surface area contributed by atoms with Crippen LogP contribution >= 0.6 is 7.75 Å². The van der Waals surface area contributed by atoms with E-state index in [-0.39, 0.29) is 6.61 Å². The van der Waals surface area contributed by atoms with Gasteiger partial charge in [-0.2, -0.15) is 5.09 Å². The van der Waals surface area contributed by atoms with E-state index in [1.807, 2.05) is 0 Å². The third-order valence-corrected chi connectivity index (χ3v) is 6.49. The van der Waals surface area contributed by atoms with Gasteiger partial charge in [0, 0.05) is 11.8 Å². The Balaban J connectivity index is 1.68. The molecule has 0 bridgehead atoms. The number of aromatic amines is 1. The number of ether oxygens (including phenoxy) is 2. The lowest BCUT2D eigenvalue weighted by atomic mass is 10.2. The van der Waals surface area contributed by atoms with Crippen molar-refractivity contribution in [2.24, 2.45) is 0 Å². The first-order valence-corrected chi connectivity index (χ1v) is 11.6. The number of H-pyrrole nitrogens is 1. The molecule has 1 aliphatic heterocycles. The molecular formula is C20H26N3O8P. The van der Waals surface area contributed by atoms with Crippen LogP contribution in [0.25, 0.3) is 0 Å². The number of esters is 1. The van der Waals surface area contributed by atoms with Gasteiger partial charge in [0.05, 0.1) is 19.8 Å². The summed E-state index contributed by atoms with van der Waals surface area (Å²) in [4.78, 5) is 37.7. The molecule has 1 aromatic carbocycles. The van der Waals surface area contributed by atoms with Gasteiger partial charge in [-0.15, -0.1) is 0 Å². The average Bonchev–Trinajstić information content (AvgIpc) is 3.23. The van der Waals surface area contributed by atoms with Gasteiger partial charge in [-0.1, -0.05) is 18.2 Å². The molecule has 3 rings (SSSR count). The second kappa shape index (κ2) is 10.3. The number of hydrogen-bond acceptors (Lipinski definition) is 8. The Morgan fingerprint density at radius 2 is 2.03 bits per heavy atom. The zero-order valence-corrected chi connectivity index (χ0v) is 18.9. The van der Waals surface area contributed by atoms with E-state index >= 15 is 0 Å². The van der Waals surface area contributed by atoms with Crippen molar-refractivity contribution < 1.29 is 27.9 Å². The molecule has 2 aromatic rings. The van der Waals surface area contributed by atoms with E-state index < -0.39 is 43.3 Å². The van der Waals surface area contributed by atoms with Crippen LogP contribution in [0.1, 0.15) is 31.6 Å². The lowest BCUT2D eigenvalue weighted by molar-refractivity contribution is -0.142. The molecule has 32 heavy (non-hydrogen) atoms. The molecular weight excluding hydrogens is 441 g/mol. The van der Waals surface area contributed by atoms with Gasteiger partial charge in [-0.3, -0.25) is 23.7 Å². The molecule has 0 saturated carbocycles. The van der Waals surface area contributed by atoms with Crippen molar-refractivity contribution in [1.82, 2.24) is 14.6 Å². The highest BCUT2D eigenvalue weighted by Crippen LogP contribution is 2.45. The summed E-state index contributed by atoms with van der Waals surface area (Å²) in [5.74, 6) is -0.337. The Labute approximate surface area is 184 Å². The lowest BCUT2D eigenvalue weighted by Gasteiger charge is -2.24. The molecule has 1 fully saturated rings. The molecule has 0 radical (unpaired) electrons. The van der Waals surface area contributed by atoms with Gasteiger partial charge in [-0.25, -0.2) is 9.36 Å². The largest absolute Gasteiger partial charge is 0.468 e. The number of benzene rings is 1. The Bertz CT molecular complexity index is 1100. The van der Waals surface area contributed by atoms with E-state index in [4.69, 9.17) is 13.8 Å². The van der Waals surface area contributed by atoms with Crippen LogP contribution in [0, 0.1) is 6.92 Å². The number of carbonyl (C=O) groups is 1. The maximum atomic E-state index is 13.3. The first kappa shape index (κ1) is 23.9. The van der Waals surface area contributed by atoms with E-state index in [0.29, 0.717) is 24.2 Å². The number of para-hydroxylation sites is 1. The van der Waals surface area contributed by atoms with Gasteiger partial charge in [0.1, 0.15) is 18.0 Å². The topological polar surface area (TPSA) is 138 Å². The molecule has 174 valence electrons. The first-order chi connectivity index (χ1) is 15.2. The fraction of sp³-hybridized carbons (Fsp3) is 0.450. The van der Waals surface area contributed by atoms with E-state index in [1.165, 1.54) is 24.8 Å². The summed E-state index contributed by atoms with van der Waals surface area (Å²) in [6.07, 6.45) is 1.38. The molecule has 4 atom stereocenters.